The number of hydrogen-bond acceptors (Lipinski definition) is 4. The minimum absolute atomic E-state index is 0.290. The van der Waals surface area contributed by atoms with Crippen LogP contribution >= 0.6 is 0 Å². The third-order valence-corrected chi connectivity index (χ3v) is 5.96. The first-order valence-corrected chi connectivity index (χ1v) is 11.8. The molecule has 2 atom stereocenters. The Morgan fingerprint density at radius 3 is 2.24 bits per heavy atom. The van der Waals surface area contributed by atoms with E-state index in [1.54, 1.807) is 4.90 Å². The van der Waals surface area contributed by atoms with E-state index in [1.807, 2.05) is 67.6 Å². The number of amides is 4. The zero-order valence-corrected chi connectivity index (χ0v) is 19.3. The first kappa shape index (κ1) is 24.5. The van der Waals surface area contributed by atoms with Crippen molar-refractivity contribution in [2.75, 3.05) is 6.54 Å². The van der Waals surface area contributed by atoms with Gasteiger partial charge in [-0.15, -0.1) is 0 Å². The van der Waals surface area contributed by atoms with Gasteiger partial charge in [-0.05, 0) is 43.4 Å². The lowest BCUT2D eigenvalue weighted by Crippen LogP contribution is -2.50. The fourth-order valence-electron chi connectivity index (χ4n) is 4.22. The number of urea groups is 1. The van der Waals surface area contributed by atoms with Crippen molar-refractivity contribution >= 4 is 17.8 Å². The van der Waals surface area contributed by atoms with Crippen molar-refractivity contribution in [3.05, 3.63) is 71.8 Å². The molecule has 0 saturated carbocycles. The van der Waals surface area contributed by atoms with Crippen molar-refractivity contribution in [1.29, 1.82) is 0 Å². The first-order chi connectivity index (χ1) is 16.1. The van der Waals surface area contributed by atoms with Crippen LogP contribution in [0.1, 0.15) is 50.2 Å². The number of nitrogens with zero attached hydrogens (tertiary/aromatic N) is 2. The van der Waals surface area contributed by atoms with E-state index in [4.69, 9.17) is 5.73 Å². The second-order valence-corrected chi connectivity index (χ2v) is 8.41. The van der Waals surface area contributed by atoms with Gasteiger partial charge in [0.15, 0.2) is 0 Å². The fourth-order valence-corrected chi connectivity index (χ4v) is 4.22. The van der Waals surface area contributed by atoms with Gasteiger partial charge in [-0.1, -0.05) is 74.0 Å². The highest BCUT2D eigenvalue weighted by atomic mass is 16.2. The molecular weight excluding hydrogens is 416 g/mol. The Labute approximate surface area is 195 Å². The van der Waals surface area contributed by atoms with E-state index < -0.39 is 18.1 Å². The van der Waals surface area contributed by atoms with E-state index in [1.165, 1.54) is 4.90 Å². The number of nitrogens with one attached hydrogen (secondary N) is 1. The van der Waals surface area contributed by atoms with Crippen LogP contribution in [0.15, 0.2) is 60.7 Å². The first-order valence-electron chi connectivity index (χ1n) is 11.8. The zero-order chi connectivity index (χ0) is 23.6. The average Bonchev–Trinajstić information content (AvgIpc) is 3.06. The summed E-state index contributed by atoms with van der Waals surface area (Å²) in [6.07, 6.45) is 3.17. The maximum Gasteiger partial charge on any atom is 0.328 e. The summed E-state index contributed by atoms with van der Waals surface area (Å²) in [4.78, 5) is 42.9. The summed E-state index contributed by atoms with van der Waals surface area (Å²) in [7, 11) is 0. The van der Waals surface area contributed by atoms with Gasteiger partial charge >= 0.3 is 6.03 Å². The van der Waals surface area contributed by atoms with Crippen molar-refractivity contribution in [3.63, 3.8) is 0 Å². The summed E-state index contributed by atoms with van der Waals surface area (Å²) in [6, 6.07) is 17.4. The second kappa shape index (κ2) is 12.2. The largest absolute Gasteiger partial charge is 0.350 e. The zero-order valence-electron chi connectivity index (χ0n) is 19.3. The van der Waals surface area contributed by atoms with Crippen molar-refractivity contribution in [2.45, 2.75) is 64.2 Å². The van der Waals surface area contributed by atoms with Crippen LogP contribution in [0, 0.1) is 0 Å². The Morgan fingerprint density at radius 1 is 1.00 bits per heavy atom. The molecule has 1 aliphatic heterocycles. The summed E-state index contributed by atoms with van der Waals surface area (Å²) in [5, 5.41) is 2.91. The monoisotopic (exact) mass is 450 g/mol. The molecule has 4 amide bonds. The highest BCUT2D eigenvalue weighted by molar-refractivity contribution is 6.07. The van der Waals surface area contributed by atoms with Gasteiger partial charge in [0.1, 0.15) is 12.1 Å². The predicted molar refractivity (Wildman–Crippen MR) is 128 cm³/mol. The van der Waals surface area contributed by atoms with Gasteiger partial charge in [0.05, 0.1) is 0 Å². The van der Waals surface area contributed by atoms with Crippen LogP contribution in [0.25, 0.3) is 0 Å². The molecule has 176 valence electrons. The molecule has 0 unspecified atom stereocenters. The van der Waals surface area contributed by atoms with E-state index in [-0.39, 0.29) is 11.8 Å². The summed E-state index contributed by atoms with van der Waals surface area (Å²) < 4.78 is 0. The van der Waals surface area contributed by atoms with Gasteiger partial charge in [-0.3, -0.25) is 9.59 Å². The Bertz CT molecular complexity index is 920. The molecule has 2 aromatic carbocycles. The van der Waals surface area contributed by atoms with Crippen molar-refractivity contribution < 1.29 is 14.4 Å². The van der Waals surface area contributed by atoms with Crippen molar-refractivity contribution in [1.82, 2.24) is 15.1 Å². The molecule has 0 aromatic heterocycles. The topological polar surface area (TPSA) is 95.7 Å². The molecule has 3 N–H and O–H groups in total. The number of imide groups is 1. The van der Waals surface area contributed by atoms with Crippen molar-refractivity contribution in [3.8, 4) is 0 Å². The second-order valence-electron chi connectivity index (χ2n) is 8.41. The normalized spacial score (nSPS) is 16.8. The van der Waals surface area contributed by atoms with Crippen LogP contribution in [0.3, 0.4) is 0 Å². The predicted octanol–water partition coefficient (Wildman–Crippen LogP) is 3.43. The van der Waals surface area contributed by atoms with Gasteiger partial charge in [-0.25, -0.2) is 9.69 Å². The van der Waals surface area contributed by atoms with Crippen LogP contribution in [-0.4, -0.2) is 46.3 Å². The highest BCUT2D eigenvalue weighted by Crippen LogP contribution is 2.27. The minimum atomic E-state index is -0.823. The molecular formula is C26H34N4O3. The van der Waals surface area contributed by atoms with Gasteiger partial charge in [0, 0.05) is 13.1 Å². The lowest BCUT2D eigenvalue weighted by atomic mass is 10.1. The van der Waals surface area contributed by atoms with Gasteiger partial charge in [-0.2, -0.15) is 0 Å². The molecule has 7 nitrogen and oxygen atoms in total. The molecule has 0 spiro atoms. The lowest BCUT2D eigenvalue weighted by Gasteiger charge is -2.25. The minimum Gasteiger partial charge on any atom is -0.350 e. The van der Waals surface area contributed by atoms with E-state index in [9.17, 15) is 14.4 Å². The van der Waals surface area contributed by atoms with Gasteiger partial charge < -0.3 is 16.0 Å². The standard InChI is InChI=1S/C26H34N4O3/c1-2-11-22(24(31)28-18-20-12-5-3-6-13-20)30-25(32)23(16-9-10-17-27)29(26(30)33)19-21-14-7-4-8-15-21/h3-8,12-15,22-23H,2,9-11,16-19,27H2,1H3,(H,28,31)/t22-,23-/m1/s1. The molecule has 1 heterocycles. The Morgan fingerprint density at radius 2 is 1.64 bits per heavy atom. The van der Waals surface area contributed by atoms with Crippen molar-refractivity contribution in [2.24, 2.45) is 5.73 Å². The quantitative estimate of drug-likeness (QED) is 0.382. The van der Waals surface area contributed by atoms with E-state index in [0.717, 1.165) is 24.0 Å². The summed E-state index contributed by atoms with van der Waals surface area (Å²) in [5.41, 5.74) is 7.55. The third kappa shape index (κ3) is 6.20. The Hall–Kier alpha value is -3.19. The summed E-state index contributed by atoms with van der Waals surface area (Å²) >= 11 is 0. The maximum absolute atomic E-state index is 13.5. The maximum atomic E-state index is 13.5. The Balaban J connectivity index is 1.80. The number of hydrogen-bond donors (Lipinski definition) is 2. The van der Waals surface area contributed by atoms with Crippen LogP contribution in [0.4, 0.5) is 4.79 Å². The van der Waals surface area contributed by atoms with E-state index in [0.29, 0.717) is 38.9 Å². The number of nitrogens with two attached hydrogens (primary N) is 1. The SMILES string of the molecule is CCC[C@H](C(=O)NCc1ccccc1)N1C(=O)[C@@H](CCCCN)N(Cc2ccccc2)C1=O. The number of rotatable bonds is 12. The van der Waals surface area contributed by atoms with Crippen LogP contribution < -0.4 is 11.1 Å². The van der Waals surface area contributed by atoms with E-state index >= 15 is 0 Å². The van der Waals surface area contributed by atoms with Gasteiger partial charge in [0.25, 0.3) is 5.91 Å². The number of carbonyl (C=O) groups excluding carboxylic acids is 3. The third-order valence-electron chi connectivity index (χ3n) is 5.96. The average molecular weight is 451 g/mol. The molecule has 1 aliphatic rings. The lowest BCUT2D eigenvalue weighted by molar-refractivity contribution is -0.136. The number of unbranched alkanes of at least 4 members (excludes halogenated alkanes) is 1. The van der Waals surface area contributed by atoms with Gasteiger partial charge in [0.2, 0.25) is 5.91 Å². The van der Waals surface area contributed by atoms with Crippen LogP contribution in [0.2, 0.25) is 0 Å². The molecule has 1 saturated heterocycles. The molecule has 1 fully saturated rings. The molecule has 7 heteroatoms. The number of carbonyl (C=O) groups is 3. The van der Waals surface area contributed by atoms with Crippen LogP contribution in [-0.2, 0) is 22.7 Å². The Kier molecular flexibility index (Phi) is 9.01. The fraction of sp³-hybridized carbons (Fsp3) is 0.423. The smallest absolute Gasteiger partial charge is 0.328 e. The van der Waals surface area contributed by atoms with E-state index in [2.05, 4.69) is 5.32 Å². The van der Waals surface area contributed by atoms with Crippen LogP contribution in [0.5, 0.6) is 0 Å². The molecule has 33 heavy (non-hydrogen) atoms. The molecule has 0 aliphatic carbocycles. The highest BCUT2D eigenvalue weighted by Gasteiger charge is 2.49. The number of benzene rings is 2. The molecule has 0 bridgehead atoms. The molecule has 3 rings (SSSR count). The summed E-state index contributed by atoms with van der Waals surface area (Å²) in [5.74, 6) is -0.592. The molecule has 0 radical (unpaired) electrons. The molecule has 2 aromatic rings. The summed E-state index contributed by atoms with van der Waals surface area (Å²) in [6.45, 7) is 3.17.